The lowest BCUT2D eigenvalue weighted by atomic mass is 10.2. The molecule has 1 aliphatic rings. The monoisotopic (exact) mass is 265 g/mol. The molecule has 18 heavy (non-hydrogen) atoms. The van der Waals surface area contributed by atoms with Crippen molar-refractivity contribution in [1.29, 1.82) is 0 Å². The molecular weight excluding hydrogens is 242 g/mol. The van der Waals surface area contributed by atoms with Crippen molar-refractivity contribution in [1.82, 2.24) is 5.32 Å². The molecule has 3 heteroatoms. The van der Waals surface area contributed by atoms with E-state index in [-0.39, 0.29) is 0 Å². The fourth-order valence-corrected chi connectivity index (χ4v) is 2.22. The Morgan fingerprint density at radius 3 is 2.72 bits per heavy atom. The van der Waals surface area contributed by atoms with Gasteiger partial charge in [-0.05, 0) is 55.7 Å². The fraction of sp³-hybridized carbons (Fsp3) is 0.600. The maximum Gasteiger partial charge on any atom is 0.0494 e. The van der Waals surface area contributed by atoms with Crippen LogP contribution in [0.4, 0.5) is 0 Å². The highest BCUT2D eigenvalue weighted by Crippen LogP contribution is 2.28. The Morgan fingerprint density at radius 1 is 1.28 bits per heavy atom. The Kier molecular flexibility index (Phi) is 6.05. The van der Waals surface area contributed by atoms with E-state index < -0.39 is 0 Å². The zero-order chi connectivity index (χ0) is 12.6. The van der Waals surface area contributed by atoms with Crippen molar-refractivity contribution in [2.24, 2.45) is 5.92 Å². The summed E-state index contributed by atoms with van der Waals surface area (Å²) in [6, 6.07) is 8.76. The topological polar surface area (TPSA) is 21.3 Å². The molecule has 0 radical (unpaired) electrons. The Labute approximate surface area is 114 Å². The second-order valence-corrected chi connectivity index (χ2v) is 5.78. The molecule has 0 spiro atoms. The molecule has 0 aliphatic heterocycles. The third kappa shape index (κ3) is 5.42. The van der Waals surface area contributed by atoms with E-state index in [4.69, 9.17) is 4.74 Å². The summed E-state index contributed by atoms with van der Waals surface area (Å²) in [5, 5.41) is 3.46. The summed E-state index contributed by atoms with van der Waals surface area (Å²) in [5.41, 5.74) is 1.35. The van der Waals surface area contributed by atoms with Crippen molar-refractivity contribution in [3.63, 3.8) is 0 Å². The van der Waals surface area contributed by atoms with Gasteiger partial charge in [0, 0.05) is 24.7 Å². The largest absolute Gasteiger partial charge is 0.381 e. The van der Waals surface area contributed by atoms with Crippen LogP contribution in [0.3, 0.4) is 0 Å². The van der Waals surface area contributed by atoms with E-state index in [9.17, 15) is 0 Å². The van der Waals surface area contributed by atoms with Gasteiger partial charge >= 0.3 is 0 Å². The Bertz CT molecular complexity index is 335. The lowest BCUT2D eigenvalue weighted by molar-refractivity contribution is 0.122. The Hall–Kier alpha value is -0.510. The zero-order valence-electron chi connectivity index (χ0n) is 11.2. The van der Waals surface area contributed by atoms with Gasteiger partial charge in [0.1, 0.15) is 0 Å². The highest BCUT2D eigenvalue weighted by Gasteiger charge is 2.20. The van der Waals surface area contributed by atoms with Crippen LogP contribution in [-0.4, -0.2) is 26.0 Å². The van der Waals surface area contributed by atoms with Gasteiger partial charge in [0.2, 0.25) is 0 Å². The normalized spacial score (nSPS) is 14.9. The lowest BCUT2D eigenvalue weighted by Crippen LogP contribution is -2.16. The number of hydrogen-bond donors (Lipinski definition) is 1. The van der Waals surface area contributed by atoms with Crippen LogP contribution in [0.1, 0.15) is 24.8 Å². The average Bonchev–Trinajstić information content (AvgIpc) is 3.22. The number of nitrogens with one attached hydrogen (secondary N) is 1. The molecule has 1 fully saturated rings. The van der Waals surface area contributed by atoms with E-state index in [1.807, 2.05) is 0 Å². The molecule has 0 saturated heterocycles. The molecule has 0 heterocycles. The second-order valence-electron chi connectivity index (χ2n) is 4.90. The van der Waals surface area contributed by atoms with Gasteiger partial charge in [0.15, 0.2) is 0 Å². The predicted octanol–water partition coefficient (Wildman–Crippen LogP) is 3.31. The third-order valence-corrected chi connectivity index (χ3v) is 3.92. The molecule has 0 aromatic heterocycles. The average molecular weight is 265 g/mol. The summed E-state index contributed by atoms with van der Waals surface area (Å²) >= 11 is 1.79. The number of benzene rings is 1. The van der Waals surface area contributed by atoms with Crippen LogP contribution in [0, 0.1) is 5.92 Å². The summed E-state index contributed by atoms with van der Waals surface area (Å²) in [6.07, 6.45) is 5.97. The molecule has 0 atom stereocenters. The van der Waals surface area contributed by atoms with Gasteiger partial charge in [0.25, 0.3) is 0 Å². The molecule has 2 rings (SSSR count). The third-order valence-electron chi connectivity index (χ3n) is 3.18. The minimum atomic E-state index is 0.882. The predicted molar refractivity (Wildman–Crippen MR) is 78.1 cm³/mol. The van der Waals surface area contributed by atoms with Gasteiger partial charge in [-0.3, -0.25) is 0 Å². The van der Waals surface area contributed by atoms with Gasteiger partial charge in [-0.15, -0.1) is 11.8 Å². The maximum absolute atomic E-state index is 5.60. The van der Waals surface area contributed by atoms with E-state index in [1.54, 1.807) is 11.8 Å². The van der Waals surface area contributed by atoms with Crippen LogP contribution in [0.15, 0.2) is 29.2 Å². The fourth-order valence-electron chi connectivity index (χ4n) is 1.81. The van der Waals surface area contributed by atoms with Crippen molar-refractivity contribution in [2.75, 3.05) is 26.0 Å². The highest BCUT2D eigenvalue weighted by molar-refractivity contribution is 7.98. The number of hydrogen-bond acceptors (Lipinski definition) is 3. The lowest BCUT2D eigenvalue weighted by Gasteiger charge is -2.06. The Morgan fingerprint density at radius 2 is 2.06 bits per heavy atom. The molecule has 1 aromatic rings. The van der Waals surface area contributed by atoms with Crippen molar-refractivity contribution in [3.8, 4) is 0 Å². The van der Waals surface area contributed by atoms with Crippen molar-refractivity contribution in [2.45, 2.75) is 30.7 Å². The number of rotatable bonds is 9. The summed E-state index contributed by atoms with van der Waals surface area (Å²) in [4.78, 5) is 1.33. The first kappa shape index (κ1) is 13.9. The minimum Gasteiger partial charge on any atom is -0.381 e. The van der Waals surface area contributed by atoms with Crippen molar-refractivity contribution < 1.29 is 4.74 Å². The molecule has 1 aromatic carbocycles. The first-order valence-electron chi connectivity index (χ1n) is 6.80. The molecule has 100 valence electrons. The molecular formula is C15H23NOS. The molecule has 2 nitrogen and oxygen atoms in total. The van der Waals surface area contributed by atoms with Crippen molar-refractivity contribution in [3.05, 3.63) is 29.8 Å². The van der Waals surface area contributed by atoms with Crippen LogP contribution in [0.5, 0.6) is 0 Å². The van der Waals surface area contributed by atoms with E-state index in [1.165, 1.54) is 23.3 Å². The SMILES string of the molecule is CSc1ccc(CNCCCOCC2CC2)cc1. The smallest absolute Gasteiger partial charge is 0.0494 e. The van der Waals surface area contributed by atoms with E-state index in [0.717, 1.165) is 38.6 Å². The summed E-state index contributed by atoms with van der Waals surface area (Å²) in [6.45, 7) is 3.87. The van der Waals surface area contributed by atoms with E-state index in [0.29, 0.717) is 0 Å². The van der Waals surface area contributed by atoms with E-state index >= 15 is 0 Å². The first-order chi connectivity index (χ1) is 8.88. The molecule has 1 N–H and O–H groups in total. The van der Waals surface area contributed by atoms with Gasteiger partial charge < -0.3 is 10.1 Å². The molecule has 1 aliphatic carbocycles. The van der Waals surface area contributed by atoms with Crippen LogP contribution < -0.4 is 5.32 Å². The molecule has 0 unspecified atom stereocenters. The highest BCUT2D eigenvalue weighted by atomic mass is 32.2. The summed E-state index contributed by atoms with van der Waals surface area (Å²) < 4.78 is 5.60. The van der Waals surface area contributed by atoms with E-state index in [2.05, 4.69) is 35.8 Å². The van der Waals surface area contributed by atoms with Gasteiger partial charge in [-0.2, -0.15) is 0 Å². The van der Waals surface area contributed by atoms with Gasteiger partial charge in [-0.1, -0.05) is 12.1 Å². The summed E-state index contributed by atoms with van der Waals surface area (Å²) in [5.74, 6) is 0.882. The van der Waals surface area contributed by atoms with Crippen molar-refractivity contribution >= 4 is 11.8 Å². The molecule has 0 amide bonds. The standard InChI is InChI=1S/C15H23NOS/c1-18-15-7-5-13(6-8-15)11-16-9-2-10-17-12-14-3-4-14/h5-8,14,16H,2-4,9-12H2,1H3. The quantitative estimate of drug-likeness (QED) is 0.547. The van der Waals surface area contributed by atoms with Crippen LogP contribution >= 0.6 is 11.8 Å². The van der Waals surface area contributed by atoms with Gasteiger partial charge in [-0.25, -0.2) is 0 Å². The van der Waals surface area contributed by atoms with Crippen LogP contribution in [0.2, 0.25) is 0 Å². The number of ether oxygens (including phenoxy) is 1. The molecule has 1 saturated carbocycles. The van der Waals surface area contributed by atoms with Gasteiger partial charge in [0.05, 0.1) is 0 Å². The number of thioether (sulfide) groups is 1. The van der Waals surface area contributed by atoms with Crippen LogP contribution in [0.25, 0.3) is 0 Å². The zero-order valence-corrected chi connectivity index (χ0v) is 12.0. The minimum absolute atomic E-state index is 0.882. The Balaban J connectivity index is 1.48. The second kappa shape index (κ2) is 7.82. The molecule has 0 bridgehead atoms. The maximum atomic E-state index is 5.60. The first-order valence-corrected chi connectivity index (χ1v) is 8.02. The van der Waals surface area contributed by atoms with Crippen LogP contribution in [-0.2, 0) is 11.3 Å². The summed E-state index contributed by atoms with van der Waals surface area (Å²) in [7, 11) is 0.